The SMILES string of the molecule is CC(C)c1onc(-c2cccc(Cl)c2)c1C(=O)O. The van der Waals surface area contributed by atoms with Gasteiger partial charge in [-0.3, -0.25) is 0 Å². The van der Waals surface area contributed by atoms with Crippen molar-refractivity contribution in [2.45, 2.75) is 19.8 Å². The number of halogens is 1. The third-order valence-electron chi connectivity index (χ3n) is 2.55. The van der Waals surface area contributed by atoms with Gasteiger partial charge in [0.05, 0.1) is 0 Å². The first-order chi connectivity index (χ1) is 8.50. The topological polar surface area (TPSA) is 63.3 Å². The molecular formula is C13H12ClNO3. The molecule has 0 amide bonds. The number of rotatable bonds is 3. The molecule has 1 heterocycles. The van der Waals surface area contributed by atoms with Crippen LogP contribution in [0.5, 0.6) is 0 Å². The van der Waals surface area contributed by atoms with Gasteiger partial charge in [0.2, 0.25) is 0 Å². The van der Waals surface area contributed by atoms with Gasteiger partial charge in [0.1, 0.15) is 11.3 Å². The van der Waals surface area contributed by atoms with Crippen LogP contribution in [0.15, 0.2) is 28.8 Å². The molecule has 1 N–H and O–H groups in total. The Morgan fingerprint density at radius 2 is 2.17 bits per heavy atom. The molecule has 0 aliphatic rings. The Balaban J connectivity index is 2.62. The first-order valence-electron chi connectivity index (χ1n) is 5.49. The molecule has 0 aliphatic heterocycles. The maximum atomic E-state index is 11.3. The minimum Gasteiger partial charge on any atom is -0.477 e. The number of carbonyl (C=O) groups is 1. The number of aromatic carboxylic acids is 1. The van der Waals surface area contributed by atoms with Gasteiger partial charge in [0, 0.05) is 16.5 Å². The minimum atomic E-state index is -1.05. The van der Waals surface area contributed by atoms with Crippen LogP contribution >= 0.6 is 11.6 Å². The maximum Gasteiger partial charge on any atom is 0.341 e. The Hall–Kier alpha value is -1.81. The van der Waals surface area contributed by atoms with E-state index in [0.29, 0.717) is 22.0 Å². The molecule has 1 aromatic heterocycles. The minimum absolute atomic E-state index is 0.0449. The number of hydrogen-bond acceptors (Lipinski definition) is 3. The highest BCUT2D eigenvalue weighted by molar-refractivity contribution is 6.30. The Morgan fingerprint density at radius 1 is 1.44 bits per heavy atom. The van der Waals surface area contributed by atoms with Crippen LogP contribution in [0.25, 0.3) is 11.3 Å². The van der Waals surface area contributed by atoms with Crippen LogP contribution < -0.4 is 0 Å². The summed E-state index contributed by atoms with van der Waals surface area (Å²) in [6, 6.07) is 6.87. The lowest BCUT2D eigenvalue weighted by molar-refractivity contribution is 0.0694. The van der Waals surface area contributed by atoms with Crippen molar-refractivity contribution in [3.63, 3.8) is 0 Å². The van der Waals surface area contributed by atoms with Crippen LogP contribution in [-0.2, 0) is 0 Å². The molecule has 0 atom stereocenters. The molecule has 0 radical (unpaired) electrons. The van der Waals surface area contributed by atoms with E-state index in [1.54, 1.807) is 24.3 Å². The van der Waals surface area contributed by atoms with Crippen molar-refractivity contribution >= 4 is 17.6 Å². The Kier molecular flexibility index (Phi) is 3.39. The molecule has 0 fully saturated rings. The van der Waals surface area contributed by atoms with Gasteiger partial charge in [-0.05, 0) is 12.1 Å². The van der Waals surface area contributed by atoms with E-state index in [2.05, 4.69) is 5.16 Å². The molecular weight excluding hydrogens is 254 g/mol. The average molecular weight is 266 g/mol. The van der Waals surface area contributed by atoms with E-state index in [9.17, 15) is 9.90 Å². The van der Waals surface area contributed by atoms with Gasteiger partial charge in [0.25, 0.3) is 0 Å². The highest BCUT2D eigenvalue weighted by Gasteiger charge is 2.25. The number of benzene rings is 1. The van der Waals surface area contributed by atoms with E-state index >= 15 is 0 Å². The Morgan fingerprint density at radius 3 is 2.72 bits per heavy atom. The van der Waals surface area contributed by atoms with E-state index in [0.717, 1.165) is 0 Å². The Bertz CT molecular complexity index is 590. The molecule has 1 aromatic carbocycles. The van der Waals surface area contributed by atoms with Crippen molar-refractivity contribution in [1.82, 2.24) is 5.16 Å². The second-order valence-electron chi connectivity index (χ2n) is 4.24. The molecule has 0 spiro atoms. The van der Waals surface area contributed by atoms with E-state index in [4.69, 9.17) is 16.1 Å². The largest absolute Gasteiger partial charge is 0.477 e. The van der Waals surface area contributed by atoms with Crippen LogP contribution in [0.3, 0.4) is 0 Å². The van der Waals surface area contributed by atoms with Crippen molar-refractivity contribution in [2.75, 3.05) is 0 Å². The van der Waals surface area contributed by atoms with Gasteiger partial charge >= 0.3 is 5.97 Å². The van der Waals surface area contributed by atoms with E-state index in [1.807, 2.05) is 13.8 Å². The molecule has 5 heteroatoms. The van der Waals surface area contributed by atoms with E-state index in [-0.39, 0.29) is 11.5 Å². The monoisotopic (exact) mass is 265 g/mol. The normalized spacial score (nSPS) is 10.9. The molecule has 4 nitrogen and oxygen atoms in total. The molecule has 18 heavy (non-hydrogen) atoms. The number of carboxylic acid groups (broad SMARTS) is 1. The summed E-state index contributed by atoms with van der Waals surface area (Å²) in [5.41, 5.74) is 1.05. The first-order valence-corrected chi connectivity index (χ1v) is 5.87. The first kappa shape index (κ1) is 12.6. The molecule has 2 rings (SSSR count). The third-order valence-corrected chi connectivity index (χ3v) is 2.79. The van der Waals surface area contributed by atoms with Crippen molar-refractivity contribution in [3.05, 3.63) is 40.6 Å². The van der Waals surface area contributed by atoms with Gasteiger partial charge in [-0.15, -0.1) is 0 Å². The third kappa shape index (κ3) is 2.24. The second kappa shape index (κ2) is 4.82. The van der Waals surface area contributed by atoms with E-state index < -0.39 is 5.97 Å². The summed E-state index contributed by atoms with van der Waals surface area (Å²) in [7, 11) is 0. The smallest absolute Gasteiger partial charge is 0.341 e. The second-order valence-corrected chi connectivity index (χ2v) is 4.68. The summed E-state index contributed by atoms with van der Waals surface area (Å²) < 4.78 is 5.14. The number of nitrogens with zero attached hydrogens (tertiary/aromatic N) is 1. The van der Waals surface area contributed by atoms with Crippen molar-refractivity contribution in [3.8, 4) is 11.3 Å². The average Bonchev–Trinajstić information content (AvgIpc) is 2.73. The van der Waals surface area contributed by atoms with Crippen molar-refractivity contribution in [2.24, 2.45) is 0 Å². The summed E-state index contributed by atoms with van der Waals surface area (Å²) in [6.45, 7) is 3.71. The van der Waals surface area contributed by atoms with Gasteiger partial charge in [-0.25, -0.2) is 4.79 Å². The van der Waals surface area contributed by atoms with Crippen molar-refractivity contribution in [1.29, 1.82) is 0 Å². The number of carboxylic acids is 1. The van der Waals surface area contributed by atoms with Gasteiger partial charge in [0.15, 0.2) is 5.76 Å². The predicted octanol–water partition coefficient (Wildman–Crippen LogP) is 3.82. The molecule has 0 saturated carbocycles. The summed E-state index contributed by atoms with van der Waals surface area (Å²) in [6.07, 6.45) is 0. The molecule has 0 aliphatic carbocycles. The fourth-order valence-corrected chi connectivity index (χ4v) is 1.93. The summed E-state index contributed by atoms with van der Waals surface area (Å²) in [4.78, 5) is 11.3. The van der Waals surface area contributed by atoms with Crippen LogP contribution in [0.4, 0.5) is 0 Å². The summed E-state index contributed by atoms with van der Waals surface area (Å²) in [5, 5.41) is 13.7. The summed E-state index contributed by atoms with van der Waals surface area (Å²) >= 11 is 5.89. The van der Waals surface area contributed by atoms with Crippen LogP contribution in [0, 0.1) is 0 Å². The maximum absolute atomic E-state index is 11.3. The lowest BCUT2D eigenvalue weighted by atomic mass is 10.0. The molecule has 0 saturated heterocycles. The highest BCUT2D eigenvalue weighted by atomic mass is 35.5. The van der Waals surface area contributed by atoms with Gasteiger partial charge in [-0.1, -0.05) is 42.7 Å². The van der Waals surface area contributed by atoms with Crippen LogP contribution in [-0.4, -0.2) is 16.2 Å². The lowest BCUT2D eigenvalue weighted by Gasteiger charge is -2.02. The quantitative estimate of drug-likeness (QED) is 0.916. The summed E-state index contributed by atoms with van der Waals surface area (Å²) in [5.74, 6) is -0.719. The zero-order chi connectivity index (χ0) is 13.3. The van der Waals surface area contributed by atoms with E-state index in [1.165, 1.54) is 0 Å². The zero-order valence-electron chi connectivity index (χ0n) is 9.98. The number of aromatic nitrogens is 1. The molecule has 0 unspecified atom stereocenters. The molecule has 94 valence electrons. The van der Waals surface area contributed by atoms with Gasteiger partial charge in [-0.2, -0.15) is 0 Å². The van der Waals surface area contributed by atoms with Crippen LogP contribution in [0.2, 0.25) is 5.02 Å². The lowest BCUT2D eigenvalue weighted by Crippen LogP contribution is -2.02. The Labute approximate surface area is 109 Å². The van der Waals surface area contributed by atoms with Gasteiger partial charge < -0.3 is 9.63 Å². The van der Waals surface area contributed by atoms with Crippen molar-refractivity contribution < 1.29 is 14.4 Å². The molecule has 0 bridgehead atoms. The fraction of sp³-hybridized carbons (Fsp3) is 0.231. The standard InChI is InChI=1S/C13H12ClNO3/c1-7(2)12-10(13(16)17)11(15-18-12)8-4-3-5-9(14)6-8/h3-7H,1-2H3,(H,16,17). The number of hydrogen-bond donors (Lipinski definition) is 1. The fourth-order valence-electron chi connectivity index (χ4n) is 1.74. The predicted molar refractivity (Wildman–Crippen MR) is 68.0 cm³/mol. The highest BCUT2D eigenvalue weighted by Crippen LogP contribution is 2.30. The van der Waals surface area contributed by atoms with Crippen LogP contribution in [0.1, 0.15) is 35.9 Å². The molecule has 2 aromatic rings. The zero-order valence-corrected chi connectivity index (χ0v) is 10.7.